The van der Waals surface area contributed by atoms with E-state index in [-0.39, 0.29) is 18.3 Å². The van der Waals surface area contributed by atoms with E-state index in [1.165, 1.54) is 6.07 Å². The number of aromatic nitrogens is 2. The van der Waals surface area contributed by atoms with Gasteiger partial charge >= 0.3 is 0 Å². The van der Waals surface area contributed by atoms with Gasteiger partial charge in [-0.2, -0.15) is 5.10 Å². The quantitative estimate of drug-likeness (QED) is 0.371. The summed E-state index contributed by atoms with van der Waals surface area (Å²) in [5, 5.41) is 7.08. The van der Waals surface area contributed by atoms with E-state index < -0.39 is 0 Å². The van der Waals surface area contributed by atoms with Crippen LogP contribution in [0.5, 0.6) is 5.75 Å². The second kappa shape index (κ2) is 9.57. The third-order valence-corrected chi connectivity index (χ3v) is 5.11. The molecular formula is C24H19BrFN3O2. The maximum absolute atomic E-state index is 13.8. The molecule has 3 aromatic carbocycles. The Morgan fingerprint density at radius 1 is 1.03 bits per heavy atom. The lowest BCUT2D eigenvalue weighted by Gasteiger charge is -2.08. The summed E-state index contributed by atoms with van der Waals surface area (Å²) in [4.78, 5) is 12.6. The highest BCUT2D eigenvalue weighted by molar-refractivity contribution is 9.10. The minimum Gasteiger partial charge on any atom is -0.489 e. The maximum Gasteiger partial charge on any atom is 0.256 e. The van der Waals surface area contributed by atoms with Gasteiger partial charge in [0.2, 0.25) is 0 Å². The fourth-order valence-electron chi connectivity index (χ4n) is 3.01. The van der Waals surface area contributed by atoms with Gasteiger partial charge < -0.3 is 10.1 Å². The van der Waals surface area contributed by atoms with Crippen molar-refractivity contribution in [1.29, 1.82) is 0 Å². The smallest absolute Gasteiger partial charge is 0.256 e. The third kappa shape index (κ3) is 5.58. The number of amides is 1. The van der Waals surface area contributed by atoms with E-state index in [1.807, 2.05) is 36.4 Å². The first-order valence-corrected chi connectivity index (χ1v) is 10.4. The standard InChI is InChI=1S/C24H19BrFN3O2/c25-20-8-10-21(11-9-20)31-16-17-4-3-6-18(14-17)24(30)27-23-12-13-29(28-23)15-19-5-1-2-7-22(19)26/h1-14H,15-16H2,(H,27,28,30). The highest BCUT2D eigenvalue weighted by atomic mass is 79.9. The topological polar surface area (TPSA) is 56.2 Å². The number of carbonyl (C=O) groups is 1. The van der Waals surface area contributed by atoms with Gasteiger partial charge in [-0.3, -0.25) is 9.48 Å². The van der Waals surface area contributed by atoms with Crippen LogP contribution in [0, 0.1) is 5.82 Å². The summed E-state index contributed by atoms with van der Waals surface area (Å²) in [5.41, 5.74) is 1.91. The maximum atomic E-state index is 13.8. The van der Waals surface area contributed by atoms with Crippen molar-refractivity contribution in [3.8, 4) is 5.75 Å². The number of hydrogen-bond acceptors (Lipinski definition) is 3. The van der Waals surface area contributed by atoms with Crippen molar-refractivity contribution in [2.45, 2.75) is 13.2 Å². The fraction of sp³-hybridized carbons (Fsp3) is 0.0833. The van der Waals surface area contributed by atoms with Crippen LogP contribution in [0.15, 0.2) is 89.5 Å². The second-order valence-electron chi connectivity index (χ2n) is 6.89. The normalized spacial score (nSPS) is 10.6. The van der Waals surface area contributed by atoms with Crippen LogP contribution in [-0.4, -0.2) is 15.7 Å². The van der Waals surface area contributed by atoms with Gasteiger partial charge in [0, 0.05) is 27.9 Å². The molecule has 1 heterocycles. The molecule has 0 fully saturated rings. The van der Waals surface area contributed by atoms with Gasteiger partial charge in [-0.25, -0.2) is 4.39 Å². The Bertz CT molecular complexity index is 1190. The Balaban J connectivity index is 1.37. The van der Waals surface area contributed by atoms with E-state index in [0.29, 0.717) is 23.6 Å². The molecule has 0 radical (unpaired) electrons. The van der Waals surface area contributed by atoms with Crippen LogP contribution in [0.4, 0.5) is 10.2 Å². The predicted molar refractivity (Wildman–Crippen MR) is 121 cm³/mol. The van der Waals surface area contributed by atoms with Crippen molar-refractivity contribution in [2.75, 3.05) is 5.32 Å². The van der Waals surface area contributed by atoms with Crippen LogP contribution >= 0.6 is 15.9 Å². The molecular weight excluding hydrogens is 461 g/mol. The molecule has 0 spiro atoms. The number of carbonyl (C=O) groups excluding carboxylic acids is 1. The summed E-state index contributed by atoms with van der Waals surface area (Å²) < 4.78 is 22.1. The van der Waals surface area contributed by atoms with Gasteiger partial charge in [-0.15, -0.1) is 0 Å². The zero-order valence-electron chi connectivity index (χ0n) is 16.5. The van der Waals surface area contributed by atoms with Crippen molar-refractivity contribution in [2.24, 2.45) is 0 Å². The van der Waals surface area contributed by atoms with Crippen molar-refractivity contribution >= 4 is 27.7 Å². The minimum atomic E-state index is -0.286. The van der Waals surface area contributed by atoms with Crippen LogP contribution in [0.1, 0.15) is 21.5 Å². The molecule has 0 saturated carbocycles. The largest absolute Gasteiger partial charge is 0.489 e. The second-order valence-corrected chi connectivity index (χ2v) is 7.80. The molecule has 0 aliphatic rings. The molecule has 31 heavy (non-hydrogen) atoms. The van der Waals surface area contributed by atoms with Crippen molar-refractivity contribution in [3.05, 3.63) is 112 Å². The molecule has 1 N–H and O–H groups in total. The van der Waals surface area contributed by atoms with Gasteiger partial charge in [0.25, 0.3) is 5.91 Å². The lowest BCUT2D eigenvalue weighted by molar-refractivity contribution is 0.102. The highest BCUT2D eigenvalue weighted by Gasteiger charge is 2.10. The summed E-state index contributed by atoms with van der Waals surface area (Å²) >= 11 is 3.39. The zero-order valence-corrected chi connectivity index (χ0v) is 18.0. The Hall–Kier alpha value is -3.45. The number of ether oxygens (including phenoxy) is 1. The SMILES string of the molecule is O=C(Nc1ccn(Cc2ccccc2F)n1)c1cccc(COc2ccc(Br)cc2)c1. The Kier molecular flexibility index (Phi) is 6.43. The van der Waals surface area contributed by atoms with Gasteiger partial charge in [0.1, 0.15) is 18.2 Å². The molecule has 5 nitrogen and oxygen atoms in total. The summed E-state index contributed by atoms with van der Waals surface area (Å²) in [7, 11) is 0. The Labute approximate surface area is 187 Å². The van der Waals surface area contributed by atoms with Gasteiger partial charge in [-0.1, -0.05) is 46.3 Å². The van der Waals surface area contributed by atoms with Crippen LogP contribution in [0.2, 0.25) is 0 Å². The molecule has 4 rings (SSSR count). The van der Waals surface area contributed by atoms with E-state index >= 15 is 0 Å². The van der Waals surface area contributed by atoms with Crippen molar-refractivity contribution in [3.63, 3.8) is 0 Å². The average molecular weight is 480 g/mol. The van der Waals surface area contributed by atoms with E-state index in [1.54, 1.807) is 47.3 Å². The van der Waals surface area contributed by atoms with Gasteiger partial charge in [0.15, 0.2) is 5.82 Å². The summed E-state index contributed by atoms with van der Waals surface area (Å²) in [6, 6.07) is 23.0. The summed E-state index contributed by atoms with van der Waals surface area (Å²) in [5.74, 6) is 0.587. The molecule has 0 saturated heterocycles. The molecule has 0 aliphatic carbocycles. The lowest BCUT2D eigenvalue weighted by atomic mass is 10.1. The van der Waals surface area contributed by atoms with Crippen LogP contribution in [0.3, 0.4) is 0 Å². The van der Waals surface area contributed by atoms with Crippen molar-refractivity contribution < 1.29 is 13.9 Å². The molecule has 4 aromatic rings. The number of halogens is 2. The monoisotopic (exact) mass is 479 g/mol. The molecule has 7 heteroatoms. The molecule has 1 amide bonds. The number of nitrogens with zero attached hydrogens (tertiary/aromatic N) is 2. The molecule has 1 aromatic heterocycles. The predicted octanol–water partition coefficient (Wildman–Crippen LogP) is 5.66. The number of nitrogens with one attached hydrogen (secondary N) is 1. The highest BCUT2D eigenvalue weighted by Crippen LogP contribution is 2.18. The minimum absolute atomic E-state index is 0.276. The van der Waals surface area contributed by atoms with E-state index in [2.05, 4.69) is 26.3 Å². The number of hydrogen-bond donors (Lipinski definition) is 1. The average Bonchev–Trinajstić information content (AvgIpc) is 3.22. The molecule has 0 bridgehead atoms. The lowest BCUT2D eigenvalue weighted by Crippen LogP contribution is -2.13. The van der Waals surface area contributed by atoms with Gasteiger partial charge in [-0.05, 0) is 48.0 Å². The number of anilines is 1. The third-order valence-electron chi connectivity index (χ3n) is 4.58. The van der Waals surface area contributed by atoms with Crippen LogP contribution in [-0.2, 0) is 13.2 Å². The van der Waals surface area contributed by atoms with Crippen LogP contribution in [0.25, 0.3) is 0 Å². The molecule has 156 valence electrons. The summed E-state index contributed by atoms with van der Waals surface area (Å²) in [6.07, 6.45) is 1.70. The first-order valence-electron chi connectivity index (χ1n) is 9.62. The van der Waals surface area contributed by atoms with Gasteiger partial charge in [0.05, 0.1) is 6.54 Å². The number of rotatable bonds is 7. The first-order chi connectivity index (χ1) is 15.1. The van der Waals surface area contributed by atoms with Crippen LogP contribution < -0.4 is 10.1 Å². The number of benzene rings is 3. The Morgan fingerprint density at radius 2 is 1.84 bits per heavy atom. The first kappa shape index (κ1) is 20.8. The van der Waals surface area contributed by atoms with E-state index in [4.69, 9.17) is 4.74 Å². The fourth-order valence-corrected chi connectivity index (χ4v) is 3.27. The zero-order chi connectivity index (χ0) is 21.6. The molecule has 0 aliphatic heterocycles. The summed E-state index contributed by atoms with van der Waals surface area (Å²) in [6.45, 7) is 0.630. The Morgan fingerprint density at radius 3 is 2.65 bits per heavy atom. The molecule has 0 atom stereocenters. The van der Waals surface area contributed by atoms with E-state index in [9.17, 15) is 9.18 Å². The molecule has 0 unspecified atom stereocenters. The van der Waals surface area contributed by atoms with E-state index in [0.717, 1.165) is 15.8 Å². The van der Waals surface area contributed by atoms with Crippen molar-refractivity contribution in [1.82, 2.24) is 9.78 Å².